The molecular formula is C16H23N5O2. The maximum absolute atomic E-state index is 12.6. The third-order valence-corrected chi connectivity index (χ3v) is 4.15. The third kappa shape index (κ3) is 3.29. The third-order valence-electron chi connectivity index (χ3n) is 4.15. The maximum atomic E-state index is 12.6. The molecule has 1 atom stereocenters. The Hall–Kier alpha value is -2.15. The van der Waals surface area contributed by atoms with Gasteiger partial charge in [0.2, 0.25) is 0 Å². The number of aliphatic hydroxyl groups excluding tert-OH is 1. The zero-order chi connectivity index (χ0) is 16.4. The fraction of sp³-hybridized carbons (Fsp3) is 0.562. The van der Waals surface area contributed by atoms with Crippen LogP contribution in [0.1, 0.15) is 38.6 Å². The van der Waals surface area contributed by atoms with E-state index in [0.29, 0.717) is 6.54 Å². The Morgan fingerprint density at radius 2 is 2.22 bits per heavy atom. The lowest BCUT2D eigenvalue weighted by atomic mass is 10.0. The van der Waals surface area contributed by atoms with Gasteiger partial charge in [-0.25, -0.2) is 4.79 Å². The second-order valence-corrected chi connectivity index (χ2v) is 6.31. The van der Waals surface area contributed by atoms with Crippen molar-refractivity contribution < 1.29 is 9.90 Å². The van der Waals surface area contributed by atoms with E-state index in [2.05, 4.69) is 15.5 Å². The van der Waals surface area contributed by atoms with E-state index in [4.69, 9.17) is 0 Å². The van der Waals surface area contributed by atoms with Gasteiger partial charge in [-0.2, -0.15) is 0 Å². The van der Waals surface area contributed by atoms with Crippen LogP contribution in [0.25, 0.3) is 5.65 Å². The molecule has 2 N–H and O–H groups in total. The van der Waals surface area contributed by atoms with Crippen molar-refractivity contribution in [2.75, 3.05) is 13.2 Å². The van der Waals surface area contributed by atoms with Gasteiger partial charge in [-0.3, -0.25) is 4.40 Å². The highest BCUT2D eigenvalue weighted by atomic mass is 16.3. The number of fused-ring (bicyclic) bond motifs is 1. The fourth-order valence-corrected chi connectivity index (χ4v) is 2.76. The molecule has 0 saturated heterocycles. The molecule has 3 rings (SSSR count). The highest BCUT2D eigenvalue weighted by Crippen LogP contribution is 2.28. The number of nitrogens with zero attached hydrogens (tertiary/aromatic N) is 4. The topological polar surface area (TPSA) is 82.8 Å². The number of carbonyl (C=O) groups excluding carboxylic acids is 1. The van der Waals surface area contributed by atoms with Crippen LogP contribution in [0.2, 0.25) is 0 Å². The molecule has 23 heavy (non-hydrogen) atoms. The molecule has 2 heterocycles. The maximum Gasteiger partial charge on any atom is 0.318 e. The fourth-order valence-electron chi connectivity index (χ4n) is 2.76. The van der Waals surface area contributed by atoms with E-state index >= 15 is 0 Å². The van der Waals surface area contributed by atoms with Gasteiger partial charge in [0.05, 0.1) is 12.6 Å². The van der Waals surface area contributed by atoms with E-state index in [1.807, 2.05) is 42.6 Å². The number of rotatable bonds is 6. The molecule has 7 nitrogen and oxygen atoms in total. The van der Waals surface area contributed by atoms with Crippen LogP contribution < -0.4 is 5.32 Å². The molecule has 7 heteroatoms. The summed E-state index contributed by atoms with van der Waals surface area (Å²) < 4.78 is 1.90. The molecule has 0 bridgehead atoms. The van der Waals surface area contributed by atoms with Gasteiger partial charge >= 0.3 is 6.03 Å². The quantitative estimate of drug-likeness (QED) is 0.847. The van der Waals surface area contributed by atoms with Crippen molar-refractivity contribution in [1.29, 1.82) is 0 Å². The first kappa shape index (κ1) is 15.7. The predicted molar refractivity (Wildman–Crippen MR) is 85.9 cm³/mol. The number of hydrogen-bond acceptors (Lipinski definition) is 4. The summed E-state index contributed by atoms with van der Waals surface area (Å²) in [4.78, 5) is 14.3. The minimum Gasteiger partial charge on any atom is -0.395 e. The van der Waals surface area contributed by atoms with Gasteiger partial charge in [-0.05, 0) is 30.9 Å². The number of amides is 2. The number of carbonyl (C=O) groups is 1. The molecule has 2 aromatic rings. The number of hydrogen-bond donors (Lipinski definition) is 2. The summed E-state index contributed by atoms with van der Waals surface area (Å²) in [7, 11) is 0. The first-order valence-electron chi connectivity index (χ1n) is 8.09. The lowest BCUT2D eigenvalue weighted by Crippen LogP contribution is -2.45. The van der Waals surface area contributed by atoms with Crippen LogP contribution in [0, 0.1) is 5.92 Å². The van der Waals surface area contributed by atoms with Gasteiger partial charge in [0, 0.05) is 18.8 Å². The van der Waals surface area contributed by atoms with E-state index in [1.54, 1.807) is 4.90 Å². The number of urea groups is 1. The largest absolute Gasteiger partial charge is 0.395 e. The Morgan fingerprint density at radius 1 is 1.43 bits per heavy atom. The first-order valence-corrected chi connectivity index (χ1v) is 8.09. The van der Waals surface area contributed by atoms with Crippen LogP contribution in [0.4, 0.5) is 4.79 Å². The normalized spacial score (nSPS) is 15.8. The summed E-state index contributed by atoms with van der Waals surface area (Å²) in [5.41, 5.74) is 0.761. The van der Waals surface area contributed by atoms with Gasteiger partial charge in [-0.1, -0.05) is 19.9 Å². The molecule has 2 aromatic heterocycles. The summed E-state index contributed by atoms with van der Waals surface area (Å²) in [6.07, 6.45) is 3.92. The highest BCUT2D eigenvalue weighted by molar-refractivity contribution is 5.75. The van der Waals surface area contributed by atoms with E-state index in [-0.39, 0.29) is 30.6 Å². The van der Waals surface area contributed by atoms with Crippen LogP contribution >= 0.6 is 0 Å². The molecule has 1 unspecified atom stereocenters. The Labute approximate surface area is 135 Å². The smallest absolute Gasteiger partial charge is 0.318 e. The Bertz CT molecular complexity index is 680. The zero-order valence-electron chi connectivity index (χ0n) is 13.5. The van der Waals surface area contributed by atoms with Crippen LogP contribution in [0.15, 0.2) is 24.4 Å². The van der Waals surface area contributed by atoms with Crippen molar-refractivity contribution in [3.8, 4) is 0 Å². The molecule has 1 saturated carbocycles. The monoisotopic (exact) mass is 317 g/mol. The summed E-state index contributed by atoms with van der Waals surface area (Å²) >= 11 is 0. The minimum absolute atomic E-state index is 0.0237. The summed E-state index contributed by atoms with van der Waals surface area (Å²) in [6, 6.07) is 5.59. The van der Waals surface area contributed by atoms with Gasteiger partial charge < -0.3 is 15.3 Å². The molecule has 0 radical (unpaired) electrons. The SMILES string of the molecule is CC(C)C(NC(=O)N(CCO)C1CC1)c1nnc2ccccn12. The number of aliphatic hydroxyl groups is 1. The number of pyridine rings is 1. The van der Waals surface area contributed by atoms with Crippen molar-refractivity contribution in [2.45, 2.75) is 38.8 Å². The average Bonchev–Trinajstić information content (AvgIpc) is 3.29. The van der Waals surface area contributed by atoms with Crippen molar-refractivity contribution in [1.82, 2.24) is 24.8 Å². The van der Waals surface area contributed by atoms with E-state index in [1.165, 1.54) is 0 Å². The zero-order valence-corrected chi connectivity index (χ0v) is 13.5. The standard InChI is InChI=1S/C16H23N5O2/c1-11(2)14(15-19-18-13-5-3-4-8-21(13)15)17-16(23)20(9-10-22)12-6-7-12/h3-5,8,11-12,14,22H,6-7,9-10H2,1-2H3,(H,17,23). The predicted octanol–water partition coefficient (Wildman–Crippen LogP) is 1.59. The van der Waals surface area contributed by atoms with Crippen molar-refractivity contribution in [2.24, 2.45) is 5.92 Å². The number of aromatic nitrogens is 3. The van der Waals surface area contributed by atoms with Crippen molar-refractivity contribution >= 4 is 11.7 Å². The first-order chi connectivity index (χ1) is 11.1. The van der Waals surface area contributed by atoms with Gasteiger partial charge in [0.15, 0.2) is 11.5 Å². The minimum atomic E-state index is -0.236. The molecule has 1 aliphatic rings. The van der Waals surface area contributed by atoms with E-state index in [9.17, 15) is 9.90 Å². The molecule has 124 valence electrons. The number of nitrogens with one attached hydrogen (secondary N) is 1. The summed E-state index contributed by atoms with van der Waals surface area (Å²) in [5.74, 6) is 0.894. The Kier molecular flexibility index (Phi) is 4.47. The molecule has 0 aromatic carbocycles. The van der Waals surface area contributed by atoms with Gasteiger partial charge in [-0.15, -0.1) is 10.2 Å². The lowest BCUT2D eigenvalue weighted by Gasteiger charge is -2.27. The second kappa shape index (κ2) is 6.54. The van der Waals surface area contributed by atoms with Crippen LogP contribution in [0.5, 0.6) is 0 Å². The Balaban J connectivity index is 1.83. The van der Waals surface area contributed by atoms with Crippen molar-refractivity contribution in [3.63, 3.8) is 0 Å². The molecule has 1 fully saturated rings. The van der Waals surface area contributed by atoms with Gasteiger partial charge in [0.1, 0.15) is 0 Å². The van der Waals surface area contributed by atoms with Gasteiger partial charge in [0.25, 0.3) is 0 Å². The Morgan fingerprint density at radius 3 is 2.87 bits per heavy atom. The molecule has 0 aliphatic heterocycles. The van der Waals surface area contributed by atoms with E-state index < -0.39 is 0 Å². The highest BCUT2D eigenvalue weighted by Gasteiger charge is 2.34. The van der Waals surface area contributed by atoms with Crippen molar-refractivity contribution in [3.05, 3.63) is 30.2 Å². The average molecular weight is 317 g/mol. The molecular weight excluding hydrogens is 294 g/mol. The van der Waals surface area contributed by atoms with Crippen LogP contribution in [0.3, 0.4) is 0 Å². The lowest BCUT2D eigenvalue weighted by molar-refractivity contribution is 0.167. The second-order valence-electron chi connectivity index (χ2n) is 6.31. The summed E-state index contributed by atoms with van der Waals surface area (Å²) in [5, 5.41) is 20.7. The molecule has 0 spiro atoms. The molecule has 2 amide bonds. The molecule has 1 aliphatic carbocycles. The summed E-state index contributed by atoms with van der Waals surface area (Å²) in [6.45, 7) is 4.43. The van der Waals surface area contributed by atoms with Crippen LogP contribution in [-0.4, -0.2) is 49.8 Å². The van der Waals surface area contributed by atoms with E-state index in [0.717, 1.165) is 24.3 Å². The van der Waals surface area contributed by atoms with Crippen LogP contribution in [-0.2, 0) is 0 Å².